The molecular formula is C14H17N3O. The van der Waals surface area contributed by atoms with E-state index in [9.17, 15) is 10.1 Å². The van der Waals surface area contributed by atoms with Crippen LogP contribution in [0.15, 0.2) is 24.5 Å². The van der Waals surface area contributed by atoms with Gasteiger partial charge in [-0.1, -0.05) is 18.9 Å². The molecule has 1 aliphatic rings. The zero-order valence-electron chi connectivity index (χ0n) is 10.6. The van der Waals surface area contributed by atoms with Crippen molar-refractivity contribution in [3.05, 3.63) is 30.1 Å². The van der Waals surface area contributed by atoms with Gasteiger partial charge in [-0.15, -0.1) is 0 Å². The minimum Gasteiger partial charge on any atom is -0.340 e. The molecule has 0 spiro atoms. The first kappa shape index (κ1) is 12.6. The fourth-order valence-corrected chi connectivity index (χ4v) is 2.55. The number of nitrogens with zero attached hydrogens (tertiary/aromatic N) is 3. The van der Waals surface area contributed by atoms with E-state index in [0.29, 0.717) is 19.4 Å². The maximum atomic E-state index is 12.4. The molecule has 1 saturated carbocycles. The van der Waals surface area contributed by atoms with Crippen molar-refractivity contribution in [3.8, 4) is 6.07 Å². The van der Waals surface area contributed by atoms with Crippen molar-refractivity contribution in [3.63, 3.8) is 0 Å². The van der Waals surface area contributed by atoms with E-state index in [2.05, 4.69) is 11.1 Å². The average molecular weight is 243 g/mol. The first-order valence-corrected chi connectivity index (χ1v) is 6.24. The van der Waals surface area contributed by atoms with Crippen LogP contribution in [0.4, 0.5) is 0 Å². The fraction of sp³-hybridized carbons (Fsp3) is 0.500. The second-order valence-electron chi connectivity index (χ2n) is 4.92. The molecule has 94 valence electrons. The molecule has 1 fully saturated rings. The summed E-state index contributed by atoms with van der Waals surface area (Å²) in [7, 11) is 1.76. The van der Waals surface area contributed by atoms with E-state index < -0.39 is 5.41 Å². The number of rotatable bonds is 3. The number of aromatic nitrogens is 1. The molecule has 18 heavy (non-hydrogen) atoms. The van der Waals surface area contributed by atoms with E-state index in [0.717, 1.165) is 18.4 Å². The quantitative estimate of drug-likeness (QED) is 0.817. The Kier molecular flexibility index (Phi) is 3.61. The van der Waals surface area contributed by atoms with Crippen LogP contribution in [0.1, 0.15) is 31.2 Å². The van der Waals surface area contributed by atoms with E-state index in [1.807, 2.05) is 12.1 Å². The Morgan fingerprint density at radius 1 is 1.56 bits per heavy atom. The largest absolute Gasteiger partial charge is 0.340 e. The van der Waals surface area contributed by atoms with Crippen LogP contribution >= 0.6 is 0 Å². The maximum absolute atomic E-state index is 12.4. The molecule has 0 radical (unpaired) electrons. The summed E-state index contributed by atoms with van der Waals surface area (Å²) in [5, 5.41) is 9.29. The van der Waals surface area contributed by atoms with E-state index in [4.69, 9.17) is 0 Å². The Balaban J connectivity index is 2.07. The number of nitriles is 1. The minimum atomic E-state index is -0.781. The lowest BCUT2D eigenvalue weighted by atomic mass is 9.86. The number of pyridine rings is 1. The predicted molar refractivity (Wildman–Crippen MR) is 67.2 cm³/mol. The monoisotopic (exact) mass is 243 g/mol. The first-order valence-electron chi connectivity index (χ1n) is 6.24. The lowest BCUT2D eigenvalue weighted by Gasteiger charge is -2.26. The molecule has 0 atom stereocenters. The van der Waals surface area contributed by atoms with Crippen molar-refractivity contribution >= 4 is 5.91 Å². The van der Waals surface area contributed by atoms with Gasteiger partial charge in [0.25, 0.3) is 0 Å². The molecule has 4 heteroatoms. The third-order valence-corrected chi connectivity index (χ3v) is 3.57. The third-order valence-electron chi connectivity index (χ3n) is 3.57. The SMILES string of the molecule is CN(Cc1cccnc1)C(=O)C1(C#N)CCCC1. The van der Waals surface area contributed by atoms with Gasteiger partial charge in [-0.25, -0.2) is 0 Å². The van der Waals surface area contributed by atoms with Gasteiger partial charge < -0.3 is 4.90 Å². The van der Waals surface area contributed by atoms with Crippen LogP contribution < -0.4 is 0 Å². The Bertz CT molecular complexity index is 458. The minimum absolute atomic E-state index is 0.0497. The molecule has 4 nitrogen and oxygen atoms in total. The van der Waals surface area contributed by atoms with Crippen LogP contribution in [0.25, 0.3) is 0 Å². The highest BCUT2D eigenvalue weighted by Gasteiger charge is 2.43. The topological polar surface area (TPSA) is 57.0 Å². The summed E-state index contributed by atoms with van der Waals surface area (Å²) in [6, 6.07) is 6.02. The maximum Gasteiger partial charge on any atom is 0.243 e. The van der Waals surface area contributed by atoms with Crippen molar-refractivity contribution in [2.75, 3.05) is 7.05 Å². The summed E-state index contributed by atoms with van der Waals surface area (Å²) < 4.78 is 0. The number of carbonyl (C=O) groups excluding carboxylic acids is 1. The van der Waals surface area contributed by atoms with Gasteiger partial charge in [0, 0.05) is 26.0 Å². The van der Waals surface area contributed by atoms with Crippen LogP contribution in [-0.4, -0.2) is 22.8 Å². The fourth-order valence-electron chi connectivity index (χ4n) is 2.55. The highest BCUT2D eigenvalue weighted by molar-refractivity contribution is 5.85. The predicted octanol–water partition coefficient (Wildman–Crippen LogP) is 2.12. The molecule has 1 heterocycles. The van der Waals surface area contributed by atoms with Crippen molar-refractivity contribution in [2.24, 2.45) is 5.41 Å². The van der Waals surface area contributed by atoms with Gasteiger partial charge in [0.2, 0.25) is 5.91 Å². The normalized spacial score (nSPS) is 17.1. The van der Waals surface area contributed by atoms with E-state index in [1.54, 1.807) is 24.3 Å². The van der Waals surface area contributed by atoms with Gasteiger partial charge in [0.1, 0.15) is 5.41 Å². The van der Waals surface area contributed by atoms with Crippen molar-refractivity contribution < 1.29 is 4.79 Å². The molecule has 2 rings (SSSR count). The molecule has 1 aliphatic carbocycles. The van der Waals surface area contributed by atoms with Gasteiger partial charge in [0.05, 0.1) is 6.07 Å². The van der Waals surface area contributed by atoms with Crippen molar-refractivity contribution in [2.45, 2.75) is 32.2 Å². The Hall–Kier alpha value is -1.89. The van der Waals surface area contributed by atoms with Crippen molar-refractivity contribution in [1.82, 2.24) is 9.88 Å². The van der Waals surface area contributed by atoms with Crippen molar-refractivity contribution in [1.29, 1.82) is 5.26 Å². The van der Waals surface area contributed by atoms with Crippen LogP contribution in [0, 0.1) is 16.7 Å². The van der Waals surface area contributed by atoms with Crippen LogP contribution in [0.2, 0.25) is 0 Å². The van der Waals surface area contributed by atoms with Gasteiger partial charge >= 0.3 is 0 Å². The Labute approximate surface area is 107 Å². The molecule has 1 aromatic rings. The van der Waals surface area contributed by atoms with Gasteiger partial charge in [-0.05, 0) is 24.5 Å². The lowest BCUT2D eigenvalue weighted by Crippen LogP contribution is -2.39. The molecule has 0 N–H and O–H groups in total. The second-order valence-corrected chi connectivity index (χ2v) is 4.92. The standard InChI is InChI=1S/C14H17N3O/c1-17(10-12-5-4-8-16-9-12)13(18)14(11-15)6-2-3-7-14/h4-5,8-9H,2-3,6-7,10H2,1H3. The molecule has 0 aromatic carbocycles. The molecule has 0 bridgehead atoms. The van der Waals surface area contributed by atoms with E-state index in [-0.39, 0.29) is 5.91 Å². The third kappa shape index (κ3) is 2.35. The highest BCUT2D eigenvalue weighted by atomic mass is 16.2. The van der Waals surface area contributed by atoms with E-state index in [1.165, 1.54) is 0 Å². The zero-order valence-corrected chi connectivity index (χ0v) is 10.6. The second kappa shape index (κ2) is 5.18. The molecular weight excluding hydrogens is 226 g/mol. The molecule has 0 saturated heterocycles. The summed E-state index contributed by atoms with van der Waals surface area (Å²) in [6.45, 7) is 0.510. The molecule has 1 aromatic heterocycles. The molecule has 0 unspecified atom stereocenters. The Morgan fingerprint density at radius 3 is 2.83 bits per heavy atom. The molecule has 0 aliphatic heterocycles. The van der Waals surface area contributed by atoms with Crippen LogP contribution in [0.5, 0.6) is 0 Å². The number of carbonyl (C=O) groups is 1. The summed E-state index contributed by atoms with van der Waals surface area (Å²) in [4.78, 5) is 18.1. The van der Waals surface area contributed by atoms with Gasteiger partial charge in [-0.2, -0.15) is 5.26 Å². The summed E-state index contributed by atoms with van der Waals surface area (Å²) in [5.74, 6) is -0.0497. The number of hydrogen-bond acceptors (Lipinski definition) is 3. The summed E-state index contributed by atoms with van der Waals surface area (Å²) >= 11 is 0. The first-order chi connectivity index (χ1) is 8.68. The lowest BCUT2D eigenvalue weighted by molar-refractivity contribution is -0.138. The highest BCUT2D eigenvalue weighted by Crippen LogP contribution is 2.39. The molecule has 1 amide bonds. The van der Waals surface area contributed by atoms with Gasteiger partial charge in [-0.3, -0.25) is 9.78 Å². The van der Waals surface area contributed by atoms with Crippen LogP contribution in [0.3, 0.4) is 0 Å². The zero-order chi connectivity index (χ0) is 13.0. The van der Waals surface area contributed by atoms with Crippen LogP contribution in [-0.2, 0) is 11.3 Å². The van der Waals surface area contributed by atoms with E-state index >= 15 is 0 Å². The average Bonchev–Trinajstić information content (AvgIpc) is 2.89. The summed E-state index contributed by atoms with van der Waals surface area (Å²) in [6.07, 6.45) is 6.79. The summed E-state index contributed by atoms with van der Waals surface area (Å²) in [5.41, 5.74) is 0.205. The smallest absolute Gasteiger partial charge is 0.243 e. The number of amides is 1. The Morgan fingerprint density at radius 2 is 2.28 bits per heavy atom. The number of hydrogen-bond donors (Lipinski definition) is 0. The van der Waals surface area contributed by atoms with Gasteiger partial charge in [0.15, 0.2) is 0 Å².